The fraction of sp³-hybridized carbons (Fsp3) is 0.240. The van der Waals surface area contributed by atoms with Crippen molar-refractivity contribution in [1.82, 2.24) is 4.90 Å². The number of halogens is 6. The van der Waals surface area contributed by atoms with E-state index < -0.39 is 44.3 Å². The Kier molecular flexibility index (Phi) is 7.33. The maximum atomic E-state index is 13.2. The van der Waals surface area contributed by atoms with E-state index in [9.17, 15) is 39.6 Å². The lowest BCUT2D eigenvalue weighted by atomic mass is 10.1. The van der Waals surface area contributed by atoms with Gasteiger partial charge in [0.25, 0.3) is 15.9 Å². The Balaban J connectivity index is 1.49. The summed E-state index contributed by atoms with van der Waals surface area (Å²) in [4.78, 5) is 15.8. The highest BCUT2D eigenvalue weighted by molar-refractivity contribution is 7.92. The van der Waals surface area contributed by atoms with E-state index in [0.29, 0.717) is 11.8 Å². The van der Waals surface area contributed by atoms with Crippen LogP contribution in [0.5, 0.6) is 0 Å². The summed E-state index contributed by atoms with van der Waals surface area (Å²) in [7, 11) is -4.46. The number of benzene rings is 3. The van der Waals surface area contributed by atoms with Crippen molar-refractivity contribution in [2.24, 2.45) is 0 Å². The molecule has 1 amide bonds. The number of alkyl halides is 6. The predicted molar refractivity (Wildman–Crippen MR) is 128 cm³/mol. The lowest BCUT2D eigenvalue weighted by Gasteiger charge is -2.36. The predicted octanol–water partition coefficient (Wildman–Crippen LogP) is 5.49. The van der Waals surface area contributed by atoms with Gasteiger partial charge in [-0.25, -0.2) is 8.42 Å². The molecular weight excluding hydrogens is 536 g/mol. The van der Waals surface area contributed by atoms with Crippen LogP contribution in [0.3, 0.4) is 0 Å². The first-order valence-electron chi connectivity index (χ1n) is 11.3. The zero-order valence-electron chi connectivity index (χ0n) is 19.6. The van der Waals surface area contributed by atoms with Crippen LogP contribution < -0.4 is 9.62 Å². The molecule has 6 nitrogen and oxygen atoms in total. The Morgan fingerprint density at radius 2 is 1.32 bits per heavy atom. The lowest BCUT2D eigenvalue weighted by molar-refractivity contribution is -0.138. The van der Waals surface area contributed by atoms with E-state index in [0.717, 1.165) is 30.3 Å². The molecule has 202 valence electrons. The fourth-order valence-electron chi connectivity index (χ4n) is 4.02. The molecule has 0 aromatic heterocycles. The molecular formula is C25H21F6N3O3S. The largest absolute Gasteiger partial charge is 0.416 e. The molecule has 1 saturated heterocycles. The molecule has 0 atom stereocenters. The van der Waals surface area contributed by atoms with Gasteiger partial charge < -0.3 is 9.80 Å². The highest BCUT2D eigenvalue weighted by Gasteiger charge is 2.33. The van der Waals surface area contributed by atoms with E-state index in [4.69, 9.17) is 0 Å². The van der Waals surface area contributed by atoms with E-state index in [1.807, 2.05) is 0 Å². The quantitative estimate of drug-likeness (QED) is 0.422. The number of rotatable bonds is 5. The van der Waals surface area contributed by atoms with Crippen molar-refractivity contribution in [3.05, 3.63) is 89.5 Å². The standard InChI is InChI=1S/C25H21F6N3O3S/c26-24(27,28)17-5-3-7-19(15-17)33-11-13-34(14-12-33)23(35)21-9-1-2-10-22(21)32-38(36,37)20-8-4-6-18(16-20)25(29,30)31/h1-10,15-16,32H,11-14H2. The van der Waals surface area contributed by atoms with Gasteiger partial charge in [0.1, 0.15) is 0 Å². The summed E-state index contributed by atoms with van der Waals surface area (Å²) in [6.07, 6.45) is -9.23. The van der Waals surface area contributed by atoms with Gasteiger partial charge in [-0.2, -0.15) is 26.3 Å². The van der Waals surface area contributed by atoms with Crippen molar-refractivity contribution in [2.75, 3.05) is 35.8 Å². The Labute approximate surface area is 214 Å². The first-order chi connectivity index (χ1) is 17.8. The molecule has 0 radical (unpaired) electrons. The minimum absolute atomic E-state index is 0.0180. The Bertz CT molecular complexity index is 1430. The number of carbonyl (C=O) groups is 1. The summed E-state index contributed by atoms with van der Waals surface area (Å²) in [5.41, 5.74) is -1.69. The van der Waals surface area contributed by atoms with Gasteiger partial charge >= 0.3 is 12.4 Å². The van der Waals surface area contributed by atoms with E-state index >= 15 is 0 Å². The molecule has 4 rings (SSSR count). The zero-order valence-corrected chi connectivity index (χ0v) is 20.4. The molecule has 3 aromatic rings. The first-order valence-corrected chi connectivity index (χ1v) is 12.7. The van der Waals surface area contributed by atoms with E-state index in [2.05, 4.69) is 4.72 Å². The van der Waals surface area contributed by atoms with Crippen molar-refractivity contribution in [3.63, 3.8) is 0 Å². The van der Waals surface area contributed by atoms with E-state index in [1.54, 1.807) is 11.0 Å². The van der Waals surface area contributed by atoms with Gasteiger partial charge in [0.05, 0.1) is 27.3 Å². The molecule has 38 heavy (non-hydrogen) atoms. The van der Waals surface area contributed by atoms with Crippen LogP contribution in [-0.2, 0) is 22.4 Å². The highest BCUT2D eigenvalue weighted by atomic mass is 32.2. The van der Waals surface area contributed by atoms with Crippen LogP contribution >= 0.6 is 0 Å². The van der Waals surface area contributed by atoms with Crippen LogP contribution in [0.25, 0.3) is 0 Å². The Morgan fingerprint density at radius 3 is 1.95 bits per heavy atom. The molecule has 1 aliphatic heterocycles. The van der Waals surface area contributed by atoms with Gasteiger partial charge in [0.15, 0.2) is 0 Å². The zero-order chi connectivity index (χ0) is 27.7. The average molecular weight is 558 g/mol. The number of amides is 1. The fourth-order valence-corrected chi connectivity index (χ4v) is 5.14. The number of para-hydroxylation sites is 1. The van der Waals surface area contributed by atoms with Crippen LogP contribution in [0.1, 0.15) is 21.5 Å². The second-order valence-corrected chi connectivity index (χ2v) is 10.2. The third kappa shape index (κ3) is 6.04. The maximum absolute atomic E-state index is 13.2. The normalized spacial score (nSPS) is 14.9. The van der Waals surface area contributed by atoms with Crippen LogP contribution in [0.2, 0.25) is 0 Å². The topological polar surface area (TPSA) is 69.7 Å². The monoisotopic (exact) mass is 557 g/mol. The van der Waals surface area contributed by atoms with Crippen molar-refractivity contribution >= 4 is 27.3 Å². The molecule has 0 spiro atoms. The van der Waals surface area contributed by atoms with Gasteiger partial charge in [0, 0.05) is 31.9 Å². The number of nitrogens with one attached hydrogen (secondary N) is 1. The second-order valence-electron chi connectivity index (χ2n) is 8.50. The third-order valence-corrected chi connectivity index (χ3v) is 7.34. The minimum atomic E-state index is -4.74. The van der Waals surface area contributed by atoms with Crippen LogP contribution in [0, 0.1) is 0 Å². The van der Waals surface area contributed by atoms with Gasteiger partial charge in [-0.05, 0) is 48.5 Å². The number of piperazine rings is 1. The number of hydrogen-bond donors (Lipinski definition) is 1. The summed E-state index contributed by atoms with van der Waals surface area (Å²) < 4.78 is 106. The molecule has 3 aromatic carbocycles. The van der Waals surface area contributed by atoms with Crippen molar-refractivity contribution in [3.8, 4) is 0 Å². The third-order valence-electron chi connectivity index (χ3n) is 5.98. The number of anilines is 2. The van der Waals surface area contributed by atoms with Gasteiger partial charge in [-0.15, -0.1) is 0 Å². The van der Waals surface area contributed by atoms with E-state index in [-0.39, 0.29) is 37.4 Å². The molecule has 0 bridgehead atoms. The van der Waals surface area contributed by atoms with Crippen LogP contribution in [-0.4, -0.2) is 45.4 Å². The summed E-state index contributed by atoms with van der Waals surface area (Å²) in [6.45, 7) is 0.796. The van der Waals surface area contributed by atoms with Crippen molar-refractivity contribution < 1.29 is 39.6 Å². The SMILES string of the molecule is O=C(c1ccccc1NS(=O)(=O)c1cccc(C(F)(F)F)c1)N1CCN(c2cccc(C(F)(F)F)c2)CC1. The molecule has 0 unspecified atom stereocenters. The van der Waals surface area contributed by atoms with Gasteiger partial charge in [-0.3, -0.25) is 9.52 Å². The molecule has 13 heteroatoms. The second kappa shape index (κ2) is 10.2. The maximum Gasteiger partial charge on any atom is 0.416 e. The van der Waals surface area contributed by atoms with Crippen LogP contribution in [0.15, 0.2) is 77.7 Å². The van der Waals surface area contributed by atoms with Gasteiger partial charge in [-0.1, -0.05) is 24.3 Å². The van der Waals surface area contributed by atoms with Gasteiger partial charge in [0.2, 0.25) is 0 Å². The molecule has 0 aliphatic carbocycles. The first kappa shape index (κ1) is 27.3. The summed E-state index contributed by atoms with van der Waals surface area (Å²) >= 11 is 0. The molecule has 1 heterocycles. The number of nitrogens with zero attached hydrogens (tertiary/aromatic N) is 2. The minimum Gasteiger partial charge on any atom is -0.368 e. The van der Waals surface area contributed by atoms with E-state index in [1.165, 1.54) is 35.2 Å². The summed E-state index contributed by atoms with van der Waals surface area (Å²) in [5, 5.41) is 0. The van der Waals surface area contributed by atoms with Crippen LogP contribution in [0.4, 0.5) is 37.7 Å². The number of hydrogen-bond acceptors (Lipinski definition) is 4. The highest BCUT2D eigenvalue weighted by Crippen LogP contribution is 2.33. The lowest BCUT2D eigenvalue weighted by Crippen LogP contribution is -2.49. The average Bonchev–Trinajstić information content (AvgIpc) is 2.88. The summed E-state index contributed by atoms with van der Waals surface area (Å²) in [5.74, 6) is -0.531. The Hall–Kier alpha value is -3.74. The molecule has 1 N–H and O–H groups in total. The molecule has 0 saturated carbocycles. The molecule has 1 aliphatic rings. The smallest absolute Gasteiger partial charge is 0.368 e. The summed E-state index contributed by atoms with van der Waals surface area (Å²) in [6, 6.07) is 13.8. The van der Waals surface area contributed by atoms with Crippen molar-refractivity contribution in [1.29, 1.82) is 0 Å². The Morgan fingerprint density at radius 1 is 0.737 bits per heavy atom. The molecule has 1 fully saturated rings. The number of sulfonamides is 1. The van der Waals surface area contributed by atoms with Crippen molar-refractivity contribution in [2.45, 2.75) is 17.2 Å². The number of carbonyl (C=O) groups excluding carboxylic acids is 1.